The first-order valence-corrected chi connectivity index (χ1v) is 8.83. The van der Waals surface area contributed by atoms with E-state index >= 15 is 0 Å². The van der Waals surface area contributed by atoms with E-state index in [0.29, 0.717) is 0 Å². The van der Waals surface area contributed by atoms with Gasteiger partial charge in [-0.3, -0.25) is 0 Å². The Morgan fingerprint density at radius 1 is 1.10 bits per heavy atom. The van der Waals surface area contributed by atoms with E-state index in [1.54, 1.807) is 5.57 Å². The molecule has 0 heterocycles. The molecule has 2 aliphatic carbocycles. The minimum Gasteiger partial charge on any atom is -0.0843 e. The van der Waals surface area contributed by atoms with Crippen LogP contribution in [0.15, 0.2) is 53.6 Å². The molecule has 2 aliphatic rings. The molecule has 0 spiro atoms. The molecule has 0 radical (unpaired) electrons. The zero-order chi connectivity index (χ0) is 14.5. The molecule has 3 rings (SSSR count). The predicted octanol–water partition coefficient (Wildman–Crippen LogP) is 6.09. The monoisotopic (exact) mass is 280 g/mol. The van der Waals surface area contributed by atoms with Crippen molar-refractivity contribution in [3.8, 4) is 0 Å². The number of allylic oxidation sites excluding steroid dienone is 4. The van der Waals surface area contributed by atoms with Crippen molar-refractivity contribution in [2.45, 2.75) is 58.3 Å². The second kappa shape index (κ2) is 7.11. The number of hydrogen-bond donors (Lipinski definition) is 0. The Balaban J connectivity index is 1.70. The lowest BCUT2D eigenvalue weighted by atomic mass is 10.0. The van der Waals surface area contributed by atoms with Gasteiger partial charge in [0.2, 0.25) is 0 Å². The van der Waals surface area contributed by atoms with E-state index in [1.165, 1.54) is 56.9 Å². The Bertz CT molecular complexity index is 492. The highest BCUT2D eigenvalue weighted by molar-refractivity contribution is 5.41. The van der Waals surface area contributed by atoms with Crippen molar-refractivity contribution in [1.82, 2.24) is 0 Å². The molecule has 1 aromatic carbocycles. The summed E-state index contributed by atoms with van der Waals surface area (Å²) >= 11 is 0. The highest BCUT2D eigenvalue weighted by Gasteiger charge is 2.45. The Kier molecular flexibility index (Phi) is 4.95. The Hall–Kier alpha value is -1.30. The maximum Gasteiger partial charge on any atom is -0.0128 e. The van der Waals surface area contributed by atoms with E-state index < -0.39 is 0 Å². The highest BCUT2D eigenvalue weighted by atomic mass is 14.5. The SMILES string of the molecule is CCC/C=C/C(CCc1ccccc1)=C1C2CCCCC12. The van der Waals surface area contributed by atoms with Gasteiger partial charge in [-0.05, 0) is 55.1 Å². The summed E-state index contributed by atoms with van der Waals surface area (Å²) in [6.45, 7) is 2.26. The Labute approximate surface area is 130 Å². The van der Waals surface area contributed by atoms with E-state index in [1.807, 2.05) is 5.57 Å². The summed E-state index contributed by atoms with van der Waals surface area (Å²) in [6, 6.07) is 11.0. The van der Waals surface area contributed by atoms with Crippen molar-refractivity contribution in [2.24, 2.45) is 11.8 Å². The Morgan fingerprint density at radius 2 is 1.81 bits per heavy atom. The van der Waals surface area contributed by atoms with Gasteiger partial charge in [0.15, 0.2) is 0 Å². The van der Waals surface area contributed by atoms with Crippen LogP contribution < -0.4 is 0 Å². The zero-order valence-electron chi connectivity index (χ0n) is 13.4. The second-order valence-corrected chi connectivity index (χ2v) is 6.65. The fourth-order valence-electron chi connectivity index (χ4n) is 3.94. The van der Waals surface area contributed by atoms with Crippen LogP contribution in [0.3, 0.4) is 0 Å². The van der Waals surface area contributed by atoms with Crippen LogP contribution in [0.5, 0.6) is 0 Å². The summed E-state index contributed by atoms with van der Waals surface area (Å²) < 4.78 is 0. The van der Waals surface area contributed by atoms with Gasteiger partial charge in [0, 0.05) is 0 Å². The molecule has 0 saturated heterocycles. The topological polar surface area (TPSA) is 0 Å². The number of fused-ring (bicyclic) bond motifs is 1. The van der Waals surface area contributed by atoms with Crippen LogP contribution >= 0.6 is 0 Å². The molecule has 112 valence electrons. The average molecular weight is 280 g/mol. The van der Waals surface area contributed by atoms with E-state index in [4.69, 9.17) is 0 Å². The molecule has 2 saturated carbocycles. The third-order valence-electron chi connectivity index (χ3n) is 5.13. The summed E-state index contributed by atoms with van der Waals surface area (Å²) in [5, 5.41) is 0. The molecule has 1 aromatic rings. The largest absolute Gasteiger partial charge is 0.0843 e. The van der Waals surface area contributed by atoms with Gasteiger partial charge in [0.1, 0.15) is 0 Å². The molecule has 0 N–H and O–H groups in total. The predicted molar refractivity (Wildman–Crippen MR) is 91.3 cm³/mol. The quantitative estimate of drug-likeness (QED) is 0.591. The van der Waals surface area contributed by atoms with E-state index in [-0.39, 0.29) is 0 Å². The second-order valence-electron chi connectivity index (χ2n) is 6.65. The van der Waals surface area contributed by atoms with Crippen LogP contribution in [0.1, 0.15) is 57.4 Å². The summed E-state index contributed by atoms with van der Waals surface area (Å²) in [6.07, 6.45) is 15.6. The number of benzene rings is 1. The summed E-state index contributed by atoms with van der Waals surface area (Å²) in [5.74, 6) is 1.91. The van der Waals surface area contributed by atoms with Crippen molar-refractivity contribution in [1.29, 1.82) is 0 Å². The molecule has 2 atom stereocenters. The van der Waals surface area contributed by atoms with Crippen molar-refractivity contribution < 1.29 is 0 Å². The summed E-state index contributed by atoms with van der Waals surface area (Å²) in [5.41, 5.74) is 4.98. The molecule has 0 amide bonds. The van der Waals surface area contributed by atoms with Crippen molar-refractivity contribution in [3.05, 3.63) is 59.2 Å². The number of rotatable bonds is 6. The molecular weight excluding hydrogens is 252 g/mol. The first kappa shape index (κ1) is 14.6. The minimum atomic E-state index is 0.954. The standard InChI is InChI=1S/C21H28/c1-2-3-5-12-18(16-15-17-10-6-4-7-11-17)21-19-13-8-9-14-20(19)21/h4-7,10-12,19-20H,2-3,8-9,13-16H2,1H3/b12-5+,21-18?. The zero-order valence-corrected chi connectivity index (χ0v) is 13.4. The minimum absolute atomic E-state index is 0.954. The fourth-order valence-corrected chi connectivity index (χ4v) is 3.94. The molecule has 0 aliphatic heterocycles. The van der Waals surface area contributed by atoms with Gasteiger partial charge in [-0.2, -0.15) is 0 Å². The lowest BCUT2D eigenvalue weighted by Gasteiger charge is -2.04. The molecule has 0 nitrogen and oxygen atoms in total. The fraction of sp³-hybridized carbons (Fsp3) is 0.524. The number of hydrogen-bond acceptors (Lipinski definition) is 0. The van der Waals surface area contributed by atoms with Gasteiger partial charge in [-0.25, -0.2) is 0 Å². The van der Waals surface area contributed by atoms with Gasteiger partial charge >= 0.3 is 0 Å². The number of aryl methyl sites for hydroxylation is 1. The van der Waals surface area contributed by atoms with Crippen LogP contribution in [0.4, 0.5) is 0 Å². The van der Waals surface area contributed by atoms with E-state index in [9.17, 15) is 0 Å². The van der Waals surface area contributed by atoms with Crippen LogP contribution in [0.2, 0.25) is 0 Å². The number of unbranched alkanes of at least 4 members (excludes halogenated alkanes) is 1. The summed E-state index contributed by atoms with van der Waals surface area (Å²) in [7, 11) is 0. The van der Waals surface area contributed by atoms with Crippen LogP contribution in [0.25, 0.3) is 0 Å². The smallest absolute Gasteiger partial charge is 0.0128 e. The van der Waals surface area contributed by atoms with Crippen molar-refractivity contribution >= 4 is 0 Å². The van der Waals surface area contributed by atoms with Crippen LogP contribution in [-0.2, 0) is 6.42 Å². The van der Waals surface area contributed by atoms with Gasteiger partial charge in [-0.15, -0.1) is 0 Å². The van der Waals surface area contributed by atoms with Gasteiger partial charge in [-0.1, -0.05) is 74.2 Å². The molecule has 21 heavy (non-hydrogen) atoms. The third kappa shape index (κ3) is 3.67. The van der Waals surface area contributed by atoms with Gasteiger partial charge in [0.25, 0.3) is 0 Å². The Morgan fingerprint density at radius 3 is 2.48 bits per heavy atom. The van der Waals surface area contributed by atoms with Crippen molar-refractivity contribution in [3.63, 3.8) is 0 Å². The van der Waals surface area contributed by atoms with Crippen molar-refractivity contribution in [2.75, 3.05) is 0 Å². The highest BCUT2D eigenvalue weighted by Crippen LogP contribution is 2.57. The van der Waals surface area contributed by atoms with E-state index in [2.05, 4.69) is 49.4 Å². The van der Waals surface area contributed by atoms with Crippen LogP contribution in [0, 0.1) is 11.8 Å². The molecule has 2 fully saturated rings. The molecular formula is C21H28. The first-order valence-electron chi connectivity index (χ1n) is 8.83. The molecule has 0 bridgehead atoms. The summed E-state index contributed by atoms with van der Waals surface area (Å²) in [4.78, 5) is 0. The van der Waals surface area contributed by atoms with Gasteiger partial charge in [0.05, 0.1) is 0 Å². The maximum atomic E-state index is 2.46. The lowest BCUT2D eigenvalue weighted by Crippen LogP contribution is -1.91. The normalized spacial score (nSPS) is 24.1. The maximum absolute atomic E-state index is 2.46. The average Bonchev–Trinajstić information content (AvgIpc) is 3.26. The van der Waals surface area contributed by atoms with E-state index in [0.717, 1.165) is 11.8 Å². The first-order chi connectivity index (χ1) is 10.4. The molecule has 0 aromatic heterocycles. The van der Waals surface area contributed by atoms with Gasteiger partial charge < -0.3 is 0 Å². The van der Waals surface area contributed by atoms with Crippen LogP contribution in [-0.4, -0.2) is 0 Å². The molecule has 0 heteroatoms. The molecule has 2 unspecified atom stereocenters. The third-order valence-corrected chi connectivity index (χ3v) is 5.13. The lowest BCUT2D eigenvalue weighted by molar-refractivity contribution is 0.480.